The third-order valence-corrected chi connectivity index (χ3v) is 19.4. The summed E-state index contributed by atoms with van der Waals surface area (Å²) >= 11 is 0. The molecule has 0 unspecified atom stereocenters. The summed E-state index contributed by atoms with van der Waals surface area (Å²) in [6, 6.07) is 109. The molecule has 2 nitrogen and oxygen atoms in total. The molecular formula is C70H49NOSi. The Hall–Kier alpha value is -9.28. The molecule has 3 heteroatoms. The van der Waals surface area contributed by atoms with Gasteiger partial charge >= 0.3 is 0 Å². The van der Waals surface area contributed by atoms with Gasteiger partial charge in [-0.3, -0.25) is 0 Å². The lowest BCUT2D eigenvalue weighted by Gasteiger charge is -2.35. The molecule has 0 aliphatic heterocycles. The van der Waals surface area contributed by atoms with Crippen LogP contribution in [0.1, 0.15) is 0 Å². The van der Waals surface area contributed by atoms with Crippen LogP contribution in [0.2, 0.25) is 0 Å². The molecule has 13 aromatic rings. The van der Waals surface area contributed by atoms with Gasteiger partial charge in [0, 0.05) is 39.0 Å². The van der Waals surface area contributed by atoms with E-state index in [1.807, 2.05) is 0 Å². The van der Waals surface area contributed by atoms with Gasteiger partial charge in [-0.05, 0) is 101 Å². The van der Waals surface area contributed by atoms with Crippen LogP contribution in [0.3, 0.4) is 0 Å². The number of nitrogens with zero attached hydrogens (tertiary/aromatic N) is 1. The van der Waals surface area contributed by atoms with E-state index in [1.165, 1.54) is 53.8 Å². The third kappa shape index (κ3) is 7.84. The van der Waals surface area contributed by atoms with E-state index in [1.54, 1.807) is 0 Å². The van der Waals surface area contributed by atoms with Gasteiger partial charge in [-0.15, -0.1) is 0 Å². The summed E-state index contributed by atoms with van der Waals surface area (Å²) in [6.45, 7) is 0. The maximum absolute atomic E-state index is 6.92. The Morgan fingerprint density at radius 2 is 0.630 bits per heavy atom. The lowest BCUT2D eigenvalue weighted by atomic mass is 9.98. The van der Waals surface area contributed by atoms with Crippen molar-refractivity contribution in [2.75, 3.05) is 4.90 Å². The van der Waals surface area contributed by atoms with Gasteiger partial charge in [0.15, 0.2) is 8.07 Å². The van der Waals surface area contributed by atoms with Crippen molar-refractivity contribution < 1.29 is 4.42 Å². The highest BCUT2D eigenvalue weighted by atomic mass is 28.3. The Morgan fingerprint density at radius 3 is 1.23 bits per heavy atom. The number of fused-ring (bicyclic) bond motifs is 4. The van der Waals surface area contributed by atoms with Crippen molar-refractivity contribution >= 4 is 78.6 Å². The van der Waals surface area contributed by atoms with Gasteiger partial charge in [-0.25, -0.2) is 0 Å². The molecule has 0 spiro atoms. The minimum Gasteiger partial charge on any atom is -0.455 e. The third-order valence-electron chi connectivity index (χ3n) is 14.6. The fraction of sp³-hybridized carbons (Fsp3) is 0. The SMILES string of the molecule is c1ccc(-c2ccc(N(c3ccc(-c4cccc5ccccc45)cc3)c3cccc([Si](c4ccccc4)(c4ccccc4)c4ccc(-c5cccc6c5oc5c(-c7ccccc7)cccc56)cc4)c3)cc2)cc1. The summed E-state index contributed by atoms with van der Waals surface area (Å²) in [5.74, 6) is 0. The molecule has 0 radical (unpaired) electrons. The topological polar surface area (TPSA) is 16.4 Å². The fourth-order valence-electron chi connectivity index (χ4n) is 11.2. The van der Waals surface area contributed by atoms with Crippen LogP contribution in [0.25, 0.3) is 77.2 Å². The monoisotopic (exact) mass is 947 g/mol. The average Bonchev–Trinajstić information content (AvgIpc) is 3.87. The molecule has 13 rings (SSSR count). The van der Waals surface area contributed by atoms with Gasteiger partial charge in [0.1, 0.15) is 11.2 Å². The summed E-state index contributed by atoms with van der Waals surface area (Å²) in [6.07, 6.45) is 0. The number of furan rings is 1. The molecule has 1 aromatic heterocycles. The van der Waals surface area contributed by atoms with E-state index >= 15 is 0 Å². The molecule has 12 aromatic carbocycles. The molecule has 0 saturated carbocycles. The Morgan fingerprint density at radius 1 is 0.247 bits per heavy atom. The van der Waals surface area contributed by atoms with E-state index in [2.05, 4.69) is 302 Å². The quantitative estimate of drug-likeness (QED) is 0.0949. The lowest BCUT2D eigenvalue weighted by molar-refractivity contribution is 0.671. The first-order valence-electron chi connectivity index (χ1n) is 25.1. The predicted molar refractivity (Wildman–Crippen MR) is 311 cm³/mol. The molecule has 0 saturated heterocycles. The van der Waals surface area contributed by atoms with Crippen molar-refractivity contribution in [1.82, 2.24) is 0 Å². The molecule has 0 atom stereocenters. The van der Waals surface area contributed by atoms with Crippen LogP contribution in [0.5, 0.6) is 0 Å². The van der Waals surface area contributed by atoms with Crippen LogP contribution < -0.4 is 25.6 Å². The first kappa shape index (κ1) is 43.7. The molecule has 0 fully saturated rings. The molecular weight excluding hydrogens is 899 g/mol. The van der Waals surface area contributed by atoms with Crippen LogP contribution in [-0.2, 0) is 0 Å². The van der Waals surface area contributed by atoms with E-state index in [4.69, 9.17) is 4.42 Å². The zero-order valence-corrected chi connectivity index (χ0v) is 41.1. The molecule has 0 bridgehead atoms. The normalized spacial score (nSPS) is 11.6. The van der Waals surface area contributed by atoms with E-state index in [9.17, 15) is 0 Å². The smallest absolute Gasteiger partial charge is 0.179 e. The van der Waals surface area contributed by atoms with Crippen LogP contribution in [0, 0.1) is 0 Å². The van der Waals surface area contributed by atoms with Crippen molar-refractivity contribution in [3.05, 3.63) is 297 Å². The minimum absolute atomic E-state index is 0.901. The molecule has 73 heavy (non-hydrogen) atoms. The number of para-hydroxylation sites is 2. The van der Waals surface area contributed by atoms with Crippen LogP contribution >= 0.6 is 0 Å². The van der Waals surface area contributed by atoms with E-state index in [-0.39, 0.29) is 0 Å². The maximum Gasteiger partial charge on any atom is 0.179 e. The van der Waals surface area contributed by atoms with Crippen molar-refractivity contribution in [2.24, 2.45) is 0 Å². The number of benzene rings is 12. The number of hydrogen-bond acceptors (Lipinski definition) is 2. The van der Waals surface area contributed by atoms with E-state index in [0.717, 1.165) is 61.3 Å². The van der Waals surface area contributed by atoms with Crippen LogP contribution in [0.4, 0.5) is 17.1 Å². The highest BCUT2D eigenvalue weighted by molar-refractivity contribution is 7.20. The van der Waals surface area contributed by atoms with Gasteiger partial charge in [0.25, 0.3) is 0 Å². The van der Waals surface area contributed by atoms with Gasteiger partial charge in [-0.2, -0.15) is 0 Å². The summed E-state index contributed by atoms with van der Waals surface area (Å²) < 4.78 is 6.92. The molecule has 344 valence electrons. The Bertz CT molecular complexity index is 3990. The first-order chi connectivity index (χ1) is 36.2. The van der Waals surface area contributed by atoms with E-state index in [0.29, 0.717) is 0 Å². The van der Waals surface area contributed by atoms with Gasteiger partial charge in [-0.1, -0.05) is 261 Å². The van der Waals surface area contributed by atoms with Crippen molar-refractivity contribution in [3.63, 3.8) is 0 Å². The van der Waals surface area contributed by atoms with E-state index < -0.39 is 8.07 Å². The zero-order chi connectivity index (χ0) is 48.6. The molecule has 0 aliphatic rings. The largest absolute Gasteiger partial charge is 0.455 e. The number of rotatable bonds is 11. The number of anilines is 3. The Balaban J connectivity index is 0.965. The van der Waals surface area contributed by atoms with Crippen molar-refractivity contribution in [1.29, 1.82) is 0 Å². The molecule has 1 heterocycles. The highest BCUT2D eigenvalue weighted by Gasteiger charge is 2.42. The second kappa shape index (κ2) is 18.8. The lowest BCUT2D eigenvalue weighted by Crippen LogP contribution is -2.74. The van der Waals surface area contributed by atoms with Gasteiger partial charge in [0.05, 0.1) is 0 Å². The second-order valence-corrected chi connectivity index (χ2v) is 22.6. The predicted octanol–water partition coefficient (Wildman–Crippen LogP) is 16.3. The average molecular weight is 948 g/mol. The standard InChI is InChI=1S/C70H49NOSi/c1-5-19-50(20-6-1)51-37-43-56(44-38-51)71(57-45-39-54(40-46-57)64-32-15-24-52-23-13-14-31-63(52)64)58-25-16-30-62(49-58)73(59-26-9-3-10-27-59,60-28-11-4-12-29-60)61-47-41-55(42-48-61)66-34-18-36-68-67-35-17-33-65(69(67)72-70(66)68)53-21-7-2-8-22-53/h1-49H. The highest BCUT2D eigenvalue weighted by Crippen LogP contribution is 2.41. The number of hydrogen-bond donors (Lipinski definition) is 0. The zero-order valence-electron chi connectivity index (χ0n) is 40.1. The van der Waals surface area contributed by atoms with Gasteiger partial charge in [0.2, 0.25) is 0 Å². The van der Waals surface area contributed by atoms with Crippen molar-refractivity contribution in [2.45, 2.75) is 0 Å². The Labute approximate surface area is 427 Å². The maximum atomic E-state index is 6.92. The second-order valence-electron chi connectivity index (χ2n) is 18.8. The summed E-state index contributed by atoms with van der Waals surface area (Å²) in [4.78, 5) is 2.42. The van der Waals surface area contributed by atoms with Crippen LogP contribution in [0.15, 0.2) is 302 Å². The molecule has 0 N–H and O–H groups in total. The molecule has 0 amide bonds. The summed E-state index contributed by atoms with van der Waals surface area (Å²) in [5.41, 5.74) is 14.3. The fourth-order valence-corrected chi connectivity index (χ4v) is 16.0. The Kier molecular flexibility index (Phi) is 11.3. The van der Waals surface area contributed by atoms with Crippen LogP contribution in [-0.4, -0.2) is 8.07 Å². The summed E-state index contributed by atoms with van der Waals surface area (Å²) in [5, 5.41) is 9.95. The minimum atomic E-state index is -3.01. The summed E-state index contributed by atoms with van der Waals surface area (Å²) in [7, 11) is -3.01. The first-order valence-corrected chi connectivity index (χ1v) is 27.1. The van der Waals surface area contributed by atoms with Gasteiger partial charge < -0.3 is 9.32 Å². The molecule has 0 aliphatic carbocycles. The van der Waals surface area contributed by atoms with Crippen molar-refractivity contribution in [3.8, 4) is 44.5 Å².